The molecule has 0 unspecified atom stereocenters. The van der Waals surface area contributed by atoms with Crippen LogP contribution in [0.5, 0.6) is 0 Å². The highest BCUT2D eigenvalue weighted by molar-refractivity contribution is 7.92. The average molecular weight is 317 g/mol. The topological polar surface area (TPSA) is 88.2 Å². The summed E-state index contributed by atoms with van der Waals surface area (Å²) in [4.78, 5) is 15.4. The van der Waals surface area contributed by atoms with Gasteiger partial charge in [-0.25, -0.2) is 13.4 Å². The van der Waals surface area contributed by atoms with Crippen LogP contribution in [-0.2, 0) is 14.8 Å². The number of amides is 1. The molecule has 0 radical (unpaired) electrons. The van der Waals surface area contributed by atoms with Crippen LogP contribution in [0, 0.1) is 6.92 Å². The molecule has 2 rings (SSSR count). The minimum atomic E-state index is -3.88. The van der Waals surface area contributed by atoms with E-state index in [9.17, 15) is 13.2 Å². The Balaban J connectivity index is 2.42. The third kappa shape index (κ3) is 3.70. The van der Waals surface area contributed by atoms with Crippen molar-refractivity contribution in [2.45, 2.75) is 11.8 Å². The molecular weight excluding hydrogens is 302 g/mol. The van der Waals surface area contributed by atoms with E-state index in [0.717, 1.165) is 11.6 Å². The largest absolute Gasteiger partial charge is 0.321 e. The highest BCUT2D eigenvalue weighted by Gasteiger charge is 2.20. The number of hydrogen-bond donors (Lipinski definition) is 2. The molecule has 2 N–H and O–H groups in total. The lowest BCUT2D eigenvalue weighted by molar-refractivity contribution is -0.111. The molecule has 0 aliphatic rings. The normalized spacial score (nSPS) is 10.8. The molecule has 1 aromatic heterocycles. The summed E-state index contributed by atoms with van der Waals surface area (Å²) < 4.78 is 27.3. The Kier molecular flexibility index (Phi) is 4.57. The molecule has 7 heteroatoms. The molecule has 1 heterocycles. The van der Waals surface area contributed by atoms with Crippen molar-refractivity contribution in [1.29, 1.82) is 0 Å². The molecule has 1 aromatic carbocycles. The van der Waals surface area contributed by atoms with E-state index >= 15 is 0 Å². The number of carbonyl (C=O) groups is 1. The van der Waals surface area contributed by atoms with Crippen molar-refractivity contribution < 1.29 is 13.2 Å². The Bertz CT molecular complexity index is 802. The Morgan fingerprint density at radius 2 is 2.05 bits per heavy atom. The fourth-order valence-electron chi connectivity index (χ4n) is 1.78. The number of sulfonamides is 1. The summed E-state index contributed by atoms with van der Waals surface area (Å²) >= 11 is 0. The second-order valence-electron chi connectivity index (χ2n) is 4.51. The molecule has 0 saturated heterocycles. The first kappa shape index (κ1) is 15.7. The molecule has 0 aliphatic heterocycles. The van der Waals surface area contributed by atoms with Gasteiger partial charge in [0.2, 0.25) is 5.91 Å². The Morgan fingerprint density at radius 3 is 2.68 bits per heavy atom. The summed E-state index contributed by atoms with van der Waals surface area (Å²) in [5.74, 6) is -0.288. The van der Waals surface area contributed by atoms with E-state index in [2.05, 4.69) is 21.6 Å². The maximum absolute atomic E-state index is 12.5. The number of aromatic nitrogens is 1. The number of benzene rings is 1. The zero-order valence-electron chi connectivity index (χ0n) is 11.9. The predicted molar refractivity (Wildman–Crippen MR) is 85.1 cm³/mol. The second-order valence-corrected chi connectivity index (χ2v) is 6.16. The van der Waals surface area contributed by atoms with Crippen molar-refractivity contribution in [3.05, 3.63) is 60.8 Å². The van der Waals surface area contributed by atoms with Gasteiger partial charge in [0, 0.05) is 6.20 Å². The molecule has 0 atom stereocenters. The lowest BCUT2D eigenvalue weighted by atomic mass is 10.2. The molecule has 2 aromatic rings. The van der Waals surface area contributed by atoms with Crippen LogP contribution in [0.15, 0.2) is 60.1 Å². The van der Waals surface area contributed by atoms with Gasteiger partial charge < -0.3 is 5.32 Å². The monoisotopic (exact) mass is 317 g/mol. The molecule has 6 nitrogen and oxygen atoms in total. The van der Waals surface area contributed by atoms with Crippen LogP contribution in [-0.4, -0.2) is 19.3 Å². The van der Waals surface area contributed by atoms with E-state index in [1.165, 1.54) is 18.3 Å². The summed E-state index contributed by atoms with van der Waals surface area (Å²) in [6.45, 7) is 5.15. The quantitative estimate of drug-likeness (QED) is 0.828. The number of rotatable bonds is 5. The van der Waals surface area contributed by atoms with Crippen LogP contribution in [0.1, 0.15) is 5.56 Å². The number of nitrogens with one attached hydrogen (secondary N) is 2. The third-order valence-corrected chi connectivity index (χ3v) is 4.18. The van der Waals surface area contributed by atoms with Crippen molar-refractivity contribution in [2.24, 2.45) is 0 Å². The van der Waals surface area contributed by atoms with Gasteiger partial charge in [0.1, 0.15) is 10.7 Å². The molecule has 0 bridgehead atoms. The highest BCUT2D eigenvalue weighted by Crippen LogP contribution is 2.24. The van der Waals surface area contributed by atoms with Crippen molar-refractivity contribution in [3.8, 4) is 0 Å². The van der Waals surface area contributed by atoms with Crippen molar-refractivity contribution >= 4 is 27.4 Å². The molecule has 0 aliphatic carbocycles. The van der Waals surface area contributed by atoms with E-state index in [1.807, 2.05) is 0 Å². The number of aryl methyl sites for hydroxylation is 1. The lowest BCUT2D eigenvalue weighted by Crippen LogP contribution is -2.18. The van der Waals surface area contributed by atoms with Crippen LogP contribution in [0.25, 0.3) is 0 Å². The minimum Gasteiger partial charge on any atom is -0.321 e. The van der Waals surface area contributed by atoms with E-state index in [4.69, 9.17) is 0 Å². The summed E-state index contributed by atoms with van der Waals surface area (Å²) in [5, 5.41) is 2.50. The zero-order chi connectivity index (χ0) is 16.2. The third-order valence-electron chi connectivity index (χ3n) is 2.77. The van der Waals surface area contributed by atoms with Gasteiger partial charge in [-0.05, 0) is 42.8 Å². The standard InChI is InChI=1S/C15H15N3O3S/c1-3-15(19)17-12-10-11(2)7-8-13(12)22(20,21)18-14-6-4-5-9-16-14/h3-10H,1H2,2H3,(H,16,18)(H,17,19). The van der Waals surface area contributed by atoms with Crippen molar-refractivity contribution in [3.63, 3.8) is 0 Å². The van der Waals surface area contributed by atoms with E-state index in [1.54, 1.807) is 31.2 Å². The van der Waals surface area contributed by atoms with Crippen molar-refractivity contribution in [2.75, 3.05) is 10.0 Å². The predicted octanol–water partition coefficient (Wildman–Crippen LogP) is 2.32. The van der Waals surface area contributed by atoms with E-state index in [0.29, 0.717) is 0 Å². The number of hydrogen-bond acceptors (Lipinski definition) is 4. The maximum Gasteiger partial charge on any atom is 0.265 e. The van der Waals surface area contributed by atoms with Crippen molar-refractivity contribution in [1.82, 2.24) is 4.98 Å². The molecule has 22 heavy (non-hydrogen) atoms. The van der Waals surface area contributed by atoms with Crippen LogP contribution in [0.3, 0.4) is 0 Å². The Morgan fingerprint density at radius 1 is 1.27 bits per heavy atom. The average Bonchev–Trinajstić information content (AvgIpc) is 2.47. The first-order chi connectivity index (χ1) is 10.4. The number of nitrogens with zero attached hydrogens (tertiary/aromatic N) is 1. The van der Waals surface area contributed by atoms with Gasteiger partial charge in [0.25, 0.3) is 10.0 Å². The van der Waals surface area contributed by atoms with Crippen LogP contribution < -0.4 is 10.0 Å². The number of pyridine rings is 1. The first-order valence-corrected chi connectivity index (χ1v) is 7.88. The van der Waals surface area contributed by atoms with Gasteiger partial charge in [-0.1, -0.05) is 18.7 Å². The smallest absolute Gasteiger partial charge is 0.265 e. The Labute approximate surface area is 129 Å². The Hall–Kier alpha value is -2.67. The molecule has 0 fully saturated rings. The van der Waals surface area contributed by atoms with Gasteiger partial charge in [0.05, 0.1) is 5.69 Å². The minimum absolute atomic E-state index is 0.0426. The van der Waals surface area contributed by atoms with Gasteiger partial charge >= 0.3 is 0 Å². The summed E-state index contributed by atoms with van der Waals surface area (Å²) in [6, 6.07) is 9.54. The fourth-order valence-corrected chi connectivity index (χ4v) is 2.93. The molecule has 114 valence electrons. The van der Waals surface area contributed by atoms with Gasteiger partial charge in [-0.3, -0.25) is 9.52 Å². The van der Waals surface area contributed by atoms with Gasteiger partial charge in [0.15, 0.2) is 0 Å². The van der Waals surface area contributed by atoms with Crippen LogP contribution in [0.4, 0.5) is 11.5 Å². The zero-order valence-corrected chi connectivity index (χ0v) is 12.7. The second kappa shape index (κ2) is 6.40. The molecule has 0 spiro atoms. The van der Waals surface area contributed by atoms with Crippen LogP contribution in [0.2, 0.25) is 0 Å². The number of carbonyl (C=O) groups excluding carboxylic acids is 1. The summed E-state index contributed by atoms with van der Waals surface area (Å²) in [7, 11) is -3.88. The molecular formula is C15H15N3O3S. The van der Waals surface area contributed by atoms with E-state index in [-0.39, 0.29) is 16.4 Å². The lowest BCUT2D eigenvalue weighted by Gasteiger charge is -2.13. The summed E-state index contributed by atoms with van der Waals surface area (Å²) in [5.41, 5.74) is 1.00. The molecule has 0 saturated carbocycles. The van der Waals surface area contributed by atoms with E-state index < -0.39 is 15.9 Å². The number of anilines is 2. The van der Waals surface area contributed by atoms with Crippen LogP contribution >= 0.6 is 0 Å². The fraction of sp³-hybridized carbons (Fsp3) is 0.0667. The first-order valence-electron chi connectivity index (χ1n) is 6.40. The highest BCUT2D eigenvalue weighted by atomic mass is 32.2. The SMILES string of the molecule is C=CC(=O)Nc1cc(C)ccc1S(=O)(=O)Nc1ccccn1. The van der Waals surface area contributed by atoms with Gasteiger partial charge in [-0.2, -0.15) is 0 Å². The maximum atomic E-state index is 12.5. The summed E-state index contributed by atoms with van der Waals surface area (Å²) in [6.07, 6.45) is 2.55. The van der Waals surface area contributed by atoms with Gasteiger partial charge in [-0.15, -0.1) is 0 Å². The molecule has 1 amide bonds.